The van der Waals surface area contributed by atoms with E-state index in [1.807, 2.05) is 50.3 Å². The van der Waals surface area contributed by atoms with Crippen molar-refractivity contribution in [3.05, 3.63) is 54.1 Å². The lowest BCUT2D eigenvalue weighted by molar-refractivity contribution is -0.134. The van der Waals surface area contributed by atoms with E-state index < -0.39 is 0 Å². The summed E-state index contributed by atoms with van der Waals surface area (Å²) in [6.45, 7) is 4.00. The van der Waals surface area contributed by atoms with Crippen molar-refractivity contribution in [2.75, 3.05) is 7.11 Å². The monoisotopic (exact) mass is 218 g/mol. The summed E-state index contributed by atoms with van der Waals surface area (Å²) in [6, 6.07) is 9.86. The zero-order chi connectivity index (χ0) is 12.2. The predicted octanol–water partition coefficient (Wildman–Crippen LogP) is 3.46. The van der Waals surface area contributed by atoms with Gasteiger partial charge < -0.3 is 4.74 Å². The summed E-state index contributed by atoms with van der Waals surface area (Å²) in [5, 5.41) is 0. The van der Waals surface area contributed by atoms with Gasteiger partial charge >= 0.3 is 5.97 Å². The number of rotatable bonds is 3. The lowest BCUT2D eigenvalue weighted by atomic mass is 10.2. The van der Waals surface area contributed by atoms with Crippen LogP contribution in [0.4, 0.5) is 0 Å². The fraction of sp³-hybridized carbons (Fsp3) is 0.214. The number of allylic oxidation sites excluding steroid dienone is 2. The minimum absolute atomic E-state index is 0.345. The molecule has 0 spiro atoms. The van der Waals surface area contributed by atoms with Crippen LogP contribution in [0.25, 0.3) is 6.08 Å². The van der Waals surface area contributed by atoms with Gasteiger partial charge in [-0.25, -0.2) is 4.79 Å². The second-order valence-electron chi connectivity index (χ2n) is 2.65. The van der Waals surface area contributed by atoms with Crippen LogP contribution in [0, 0.1) is 0 Å². The van der Waals surface area contributed by atoms with Crippen molar-refractivity contribution < 1.29 is 9.53 Å². The summed E-state index contributed by atoms with van der Waals surface area (Å²) in [4.78, 5) is 10.7. The zero-order valence-electron chi connectivity index (χ0n) is 10.0. The Balaban J connectivity index is 0.00000106. The van der Waals surface area contributed by atoms with Crippen LogP contribution in [0.3, 0.4) is 0 Å². The highest BCUT2D eigenvalue weighted by Crippen LogP contribution is 2.00. The smallest absolute Gasteiger partial charge is 0.330 e. The van der Waals surface area contributed by atoms with Crippen LogP contribution < -0.4 is 0 Å². The molecule has 1 rings (SSSR count). The molecule has 0 aromatic heterocycles. The molecule has 0 saturated carbocycles. The van der Waals surface area contributed by atoms with Gasteiger partial charge in [0, 0.05) is 6.08 Å². The van der Waals surface area contributed by atoms with Crippen LogP contribution in [-0.4, -0.2) is 13.1 Å². The van der Waals surface area contributed by atoms with Gasteiger partial charge in [0.05, 0.1) is 7.11 Å². The van der Waals surface area contributed by atoms with Gasteiger partial charge in [-0.3, -0.25) is 0 Å². The third-order valence-electron chi connectivity index (χ3n) is 1.63. The Bertz CT molecular complexity index is 337. The van der Waals surface area contributed by atoms with Gasteiger partial charge in [-0.1, -0.05) is 62.4 Å². The van der Waals surface area contributed by atoms with Crippen LogP contribution in [0.15, 0.2) is 48.6 Å². The molecule has 0 radical (unpaired) electrons. The number of carbonyl (C=O) groups excluding carboxylic acids is 1. The SMILES string of the molecule is CC.COC(=O)/C=C/C=C/c1ccccc1. The molecule has 1 aromatic rings. The third-order valence-corrected chi connectivity index (χ3v) is 1.63. The first-order valence-corrected chi connectivity index (χ1v) is 5.30. The highest BCUT2D eigenvalue weighted by molar-refractivity contribution is 5.82. The second-order valence-corrected chi connectivity index (χ2v) is 2.65. The Kier molecular flexibility index (Phi) is 8.60. The van der Waals surface area contributed by atoms with Gasteiger partial charge in [-0.05, 0) is 5.56 Å². The average molecular weight is 218 g/mol. The predicted molar refractivity (Wildman–Crippen MR) is 68.0 cm³/mol. The van der Waals surface area contributed by atoms with Gasteiger partial charge in [0.15, 0.2) is 0 Å². The van der Waals surface area contributed by atoms with Gasteiger partial charge in [-0.15, -0.1) is 0 Å². The van der Waals surface area contributed by atoms with Crippen molar-refractivity contribution in [2.45, 2.75) is 13.8 Å². The molecule has 0 bridgehead atoms. The number of ether oxygens (including phenoxy) is 1. The number of benzene rings is 1. The van der Waals surface area contributed by atoms with E-state index in [1.165, 1.54) is 13.2 Å². The van der Waals surface area contributed by atoms with Gasteiger partial charge in [0.25, 0.3) is 0 Å². The quantitative estimate of drug-likeness (QED) is 0.441. The molecule has 0 N–H and O–H groups in total. The van der Waals surface area contributed by atoms with Crippen molar-refractivity contribution in [3.8, 4) is 0 Å². The first-order valence-electron chi connectivity index (χ1n) is 5.30. The summed E-state index contributed by atoms with van der Waals surface area (Å²) in [7, 11) is 1.35. The Morgan fingerprint density at radius 3 is 2.31 bits per heavy atom. The lowest BCUT2D eigenvalue weighted by Crippen LogP contribution is -1.92. The van der Waals surface area contributed by atoms with Crippen LogP contribution in [0.5, 0.6) is 0 Å². The van der Waals surface area contributed by atoms with E-state index in [1.54, 1.807) is 12.2 Å². The molecule has 0 aliphatic carbocycles. The molecule has 0 aliphatic heterocycles. The molecule has 1 aromatic carbocycles. The number of hydrogen-bond acceptors (Lipinski definition) is 2. The maximum atomic E-state index is 10.7. The normalized spacial score (nSPS) is 9.94. The number of esters is 1. The van der Waals surface area contributed by atoms with Gasteiger partial charge in [-0.2, -0.15) is 0 Å². The second kappa shape index (κ2) is 9.71. The summed E-state index contributed by atoms with van der Waals surface area (Å²) in [5.41, 5.74) is 1.10. The molecular formula is C14H18O2. The molecule has 2 nitrogen and oxygen atoms in total. The van der Waals surface area contributed by atoms with Crippen LogP contribution in [0.2, 0.25) is 0 Å². The molecule has 0 aliphatic rings. The molecule has 0 unspecified atom stereocenters. The minimum atomic E-state index is -0.345. The molecular weight excluding hydrogens is 200 g/mol. The fourth-order valence-electron chi connectivity index (χ4n) is 0.933. The Labute approximate surface area is 97.3 Å². The van der Waals surface area contributed by atoms with Crippen molar-refractivity contribution >= 4 is 12.0 Å². The topological polar surface area (TPSA) is 26.3 Å². The summed E-state index contributed by atoms with van der Waals surface area (Å²) in [5.74, 6) is -0.345. The Morgan fingerprint density at radius 2 is 1.75 bits per heavy atom. The fourth-order valence-corrected chi connectivity index (χ4v) is 0.933. The molecule has 0 amide bonds. The molecule has 0 fully saturated rings. The number of methoxy groups -OCH3 is 1. The lowest BCUT2D eigenvalue weighted by Gasteiger charge is -1.89. The molecule has 86 valence electrons. The summed E-state index contributed by atoms with van der Waals surface area (Å²) >= 11 is 0. The summed E-state index contributed by atoms with van der Waals surface area (Å²) < 4.78 is 4.44. The van der Waals surface area contributed by atoms with E-state index in [0.29, 0.717) is 0 Å². The first-order chi connectivity index (χ1) is 7.83. The standard InChI is InChI=1S/C12H12O2.C2H6/c1-14-12(13)10-6-5-9-11-7-3-2-4-8-11;1-2/h2-10H,1H3;1-2H3/b9-5+,10-6+;. The van der Waals surface area contributed by atoms with Crippen LogP contribution in [0.1, 0.15) is 19.4 Å². The molecule has 0 heterocycles. The highest BCUT2D eigenvalue weighted by Gasteiger charge is 1.86. The third kappa shape index (κ3) is 6.60. The van der Waals surface area contributed by atoms with E-state index in [9.17, 15) is 4.79 Å². The molecule has 0 atom stereocenters. The minimum Gasteiger partial charge on any atom is -0.466 e. The van der Waals surface area contributed by atoms with Crippen molar-refractivity contribution in [3.63, 3.8) is 0 Å². The number of carbonyl (C=O) groups is 1. The van der Waals surface area contributed by atoms with Crippen LogP contribution >= 0.6 is 0 Å². The highest BCUT2D eigenvalue weighted by atomic mass is 16.5. The van der Waals surface area contributed by atoms with E-state index in [4.69, 9.17) is 0 Å². The molecule has 2 heteroatoms. The van der Waals surface area contributed by atoms with Crippen molar-refractivity contribution in [1.82, 2.24) is 0 Å². The van der Waals surface area contributed by atoms with Gasteiger partial charge in [0.1, 0.15) is 0 Å². The van der Waals surface area contributed by atoms with E-state index in [0.717, 1.165) is 5.56 Å². The molecule has 16 heavy (non-hydrogen) atoms. The Hall–Kier alpha value is -1.83. The van der Waals surface area contributed by atoms with E-state index >= 15 is 0 Å². The number of hydrogen-bond donors (Lipinski definition) is 0. The maximum Gasteiger partial charge on any atom is 0.330 e. The average Bonchev–Trinajstić information content (AvgIpc) is 2.38. The van der Waals surface area contributed by atoms with E-state index in [-0.39, 0.29) is 5.97 Å². The maximum absolute atomic E-state index is 10.7. The summed E-state index contributed by atoms with van der Waals surface area (Å²) in [6.07, 6.45) is 6.74. The van der Waals surface area contributed by atoms with Crippen molar-refractivity contribution in [1.29, 1.82) is 0 Å². The zero-order valence-corrected chi connectivity index (χ0v) is 10.0. The molecule has 0 saturated heterocycles. The van der Waals surface area contributed by atoms with Gasteiger partial charge in [0.2, 0.25) is 0 Å². The largest absolute Gasteiger partial charge is 0.466 e. The first kappa shape index (κ1) is 14.2. The van der Waals surface area contributed by atoms with Crippen LogP contribution in [-0.2, 0) is 9.53 Å². The van der Waals surface area contributed by atoms with Crippen molar-refractivity contribution in [2.24, 2.45) is 0 Å². The van der Waals surface area contributed by atoms with E-state index in [2.05, 4.69) is 4.74 Å². The Morgan fingerprint density at radius 1 is 1.12 bits per heavy atom.